The van der Waals surface area contributed by atoms with Crippen LogP contribution in [0.2, 0.25) is 0 Å². The Morgan fingerprint density at radius 2 is 2.00 bits per heavy atom. The Bertz CT molecular complexity index is 243. The van der Waals surface area contributed by atoms with Crippen LogP contribution in [0.25, 0.3) is 0 Å². The van der Waals surface area contributed by atoms with Crippen molar-refractivity contribution in [3.63, 3.8) is 0 Å². The van der Waals surface area contributed by atoms with E-state index in [0.29, 0.717) is 12.6 Å². The lowest BCUT2D eigenvalue weighted by Gasteiger charge is -2.34. The molecule has 1 rings (SSSR count). The summed E-state index contributed by atoms with van der Waals surface area (Å²) in [6.45, 7) is 9.80. The van der Waals surface area contributed by atoms with Crippen LogP contribution in [-0.2, 0) is 0 Å². The van der Waals surface area contributed by atoms with Gasteiger partial charge in [-0.25, -0.2) is 0 Å². The van der Waals surface area contributed by atoms with E-state index in [0.717, 1.165) is 6.54 Å². The van der Waals surface area contributed by atoms with Crippen LogP contribution in [0.3, 0.4) is 0 Å². The van der Waals surface area contributed by atoms with E-state index in [1.165, 1.54) is 58.2 Å². The molecule has 1 aliphatic rings. The first-order valence-corrected chi connectivity index (χ1v) is 7.65. The number of hydrogen-bond donors (Lipinski definition) is 0. The molecule has 3 nitrogen and oxygen atoms in total. The zero-order chi connectivity index (χ0) is 13.2. The second kappa shape index (κ2) is 9.35. The third kappa shape index (κ3) is 5.37. The van der Waals surface area contributed by atoms with Crippen molar-refractivity contribution in [3.8, 4) is 6.07 Å². The molecule has 0 aliphatic carbocycles. The van der Waals surface area contributed by atoms with Gasteiger partial charge in [-0.2, -0.15) is 5.26 Å². The molecule has 0 radical (unpaired) electrons. The van der Waals surface area contributed by atoms with Crippen molar-refractivity contribution in [2.24, 2.45) is 0 Å². The van der Waals surface area contributed by atoms with E-state index in [2.05, 4.69) is 29.7 Å². The summed E-state index contributed by atoms with van der Waals surface area (Å²) in [4.78, 5) is 4.88. The quantitative estimate of drug-likeness (QED) is 0.491. The third-order valence-electron chi connectivity index (χ3n) is 4.18. The summed E-state index contributed by atoms with van der Waals surface area (Å²) in [5.41, 5.74) is 0. The van der Waals surface area contributed by atoms with E-state index in [9.17, 15) is 0 Å². The summed E-state index contributed by atoms with van der Waals surface area (Å²) < 4.78 is 0. The van der Waals surface area contributed by atoms with Crippen molar-refractivity contribution in [3.05, 3.63) is 0 Å². The van der Waals surface area contributed by atoms with Crippen molar-refractivity contribution in [1.29, 1.82) is 5.26 Å². The fraction of sp³-hybridized carbons (Fsp3) is 0.933. The van der Waals surface area contributed by atoms with Gasteiger partial charge in [0.2, 0.25) is 0 Å². The molecule has 0 saturated carbocycles. The van der Waals surface area contributed by atoms with Crippen LogP contribution in [0.1, 0.15) is 52.4 Å². The Morgan fingerprint density at radius 3 is 2.67 bits per heavy atom. The largest absolute Gasteiger partial charge is 0.304 e. The minimum Gasteiger partial charge on any atom is -0.304 e. The molecule has 1 saturated heterocycles. The van der Waals surface area contributed by atoms with Crippen LogP contribution in [0, 0.1) is 11.3 Å². The Labute approximate surface area is 113 Å². The molecule has 0 aromatic carbocycles. The molecule has 0 aromatic heterocycles. The summed E-state index contributed by atoms with van der Waals surface area (Å²) >= 11 is 0. The molecule has 0 aromatic rings. The fourth-order valence-corrected chi connectivity index (χ4v) is 2.94. The number of rotatable bonds is 8. The standard InChI is InChI=1S/C15H29N3/c1-3-17(4-2)12-7-5-9-15-10-6-8-13-18(15)14-11-16/h15H,3-10,12-14H2,1-2H3. The summed E-state index contributed by atoms with van der Waals surface area (Å²) in [5, 5.41) is 8.85. The maximum absolute atomic E-state index is 8.85. The SMILES string of the molecule is CCN(CC)CCCCC1CCCCN1CC#N. The molecule has 0 bridgehead atoms. The number of piperidine rings is 1. The van der Waals surface area contributed by atoms with Crippen molar-refractivity contribution < 1.29 is 0 Å². The Morgan fingerprint density at radius 1 is 1.22 bits per heavy atom. The van der Waals surface area contributed by atoms with Crippen LogP contribution in [0.4, 0.5) is 0 Å². The van der Waals surface area contributed by atoms with Crippen molar-refractivity contribution in [2.45, 2.75) is 58.4 Å². The second-order valence-electron chi connectivity index (χ2n) is 5.30. The number of hydrogen-bond acceptors (Lipinski definition) is 3. The highest BCUT2D eigenvalue weighted by atomic mass is 15.2. The van der Waals surface area contributed by atoms with E-state index in [1.54, 1.807) is 0 Å². The monoisotopic (exact) mass is 251 g/mol. The molecule has 18 heavy (non-hydrogen) atoms. The maximum atomic E-state index is 8.85. The van der Waals surface area contributed by atoms with E-state index in [1.807, 2.05) is 0 Å². The molecule has 0 amide bonds. The molecule has 1 heterocycles. The normalized spacial score (nSPS) is 21.1. The highest BCUT2D eigenvalue weighted by Gasteiger charge is 2.21. The van der Waals surface area contributed by atoms with Crippen molar-refractivity contribution in [1.82, 2.24) is 9.80 Å². The summed E-state index contributed by atoms with van der Waals surface area (Å²) in [5.74, 6) is 0. The average molecular weight is 251 g/mol. The maximum Gasteiger partial charge on any atom is 0.0868 e. The topological polar surface area (TPSA) is 30.3 Å². The zero-order valence-electron chi connectivity index (χ0n) is 12.2. The van der Waals surface area contributed by atoms with Crippen LogP contribution in [0.15, 0.2) is 0 Å². The minimum absolute atomic E-state index is 0.626. The number of unbranched alkanes of at least 4 members (excludes halogenated alkanes) is 1. The first-order chi connectivity index (χ1) is 8.81. The molecule has 1 fully saturated rings. The summed E-state index contributed by atoms with van der Waals surface area (Å²) in [6.07, 6.45) is 7.82. The van der Waals surface area contributed by atoms with Gasteiger partial charge < -0.3 is 4.90 Å². The summed E-state index contributed by atoms with van der Waals surface area (Å²) in [6, 6.07) is 2.99. The Kier molecular flexibility index (Phi) is 8.04. The lowest BCUT2D eigenvalue weighted by molar-refractivity contribution is 0.154. The average Bonchev–Trinajstić information content (AvgIpc) is 2.41. The van der Waals surface area contributed by atoms with Gasteiger partial charge in [-0.15, -0.1) is 0 Å². The van der Waals surface area contributed by atoms with Crippen molar-refractivity contribution in [2.75, 3.05) is 32.7 Å². The molecule has 0 N–H and O–H groups in total. The molecule has 1 atom stereocenters. The van der Waals surface area contributed by atoms with Gasteiger partial charge in [0.25, 0.3) is 0 Å². The van der Waals surface area contributed by atoms with Gasteiger partial charge in [0.1, 0.15) is 0 Å². The first-order valence-electron chi connectivity index (χ1n) is 7.65. The lowest BCUT2D eigenvalue weighted by Crippen LogP contribution is -2.39. The molecule has 1 unspecified atom stereocenters. The number of nitrogens with zero attached hydrogens (tertiary/aromatic N) is 3. The van der Waals surface area contributed by atoms with Crippen LogP contribution in [0.5, 0.6) is 0 Å². The molecule has 1 aliphatic heterocycles. The van der Waals surface area contributed by atoms with Gasteiger partial charge in [-0.1, -0.05) is 26.7 Å². The first kappa shape index (κ1) is 15.5. The third-order valence-corrected chi connectivity index (χ3v) is 4.18. The number of likely N-dealkylation sites (tertiary alicyclic amines) is 1. The van der Waals surface area contributed by atoms with E-state index < -0.39 is 0 Å². The van der Waals surface area contributed by atoms with E-state index in [4.69, 9.17) is 5.26 Å². The van der Waals surface area contributed by atoms with Crippen molar-refractivity contribution >= 4 is 0 Å². The van der Waals surface area contributed by atoms with Gasteiger partial charge >= 0.3 is 0 Å². The van der Waals surface area contributed by atoms with Gasteiger partial charge in [-0.05, 0) is 51.9 Å². The molecule has 104 valence electrons. The van der Waals surface area contributed by atoms with Gasteiger partial charge in [0, 0.05) is 6.04 Å². The zero-order valence-corrected chi connectivity index (χ0v) is 12.2. The molecular formula is C15H29N3. The Hall–Kier alpha value is -0.590. The van der Waals surface area contributed by atoms with E-state index >= 15 is 0 Å². The van der Waals surface area contributed by atoms with Gasteiger partial charge in [0.05, 0.1) is 12.6 Å². The highest BCUT2D eigenvalue weighted by Crippen LogP contribution is 2.21. The Balaban J connectivity index is 2.18. The van der Waals surface area contributed by atoms with Gasteiger partial charge in [0.15, 0.2) is 0 Å². The van der Waals surface area contributed by atoms with Crippen LogP contribution in [-0.4, -0.2) is 48.6 Å². The second-order valence-corrected chi connectivity index (χ2v) is 5.30. The summed E-state index contributed by atoms with van der Waals surface area (Å²) in [7, 11) is 0. The lowest BCUT2D eigenvalue weighted by atomic mass is 9.97. The van der Waals surface area contributed by atoms with Gasteiger partial charge in [-0.3, -0.25) is 4.90 Å². The van der Waals surface area contributed by atoms with E-state index in [-0.39, 0.29) is 0 Å². The number of nitriles is 1. The molecule has 0 spiro atoms. The molecule has 3 heteroatoms. The smallest absolute Gasteiger partial charge is 0.0868 e. The predicted molar refractivity (Wildman–Crippen MR) is 76.5 cm³/mol. The minimum atomic E-state index is 0.626. The highest BCUT2D eigenvalue weighted by molar-refractivity contribution is 4.84. The predicted octanol–water partition coefficient (Wildman–Crippen LogP) is 2.88. The molecular weight excluding hydrogens is 222 g/mol. The fourth-order valence-electron chi connectivity index (χ4n) is 2.94. The van der Waals surface area contributed by atoms with Crippen LogP contribution >= 0.6 is 0 Å². The van der Waals surface area contributed by atoms with Crippen LogP contribution < -0.4 is 0 Å².